The first-order chi connectivity index (χ1) is 11.5. The number of rotatable bonds is 8. The second-order valence-electron chi connectivity index (χ2n) is 5.12. The van der Waals surface area contributed by atoms with Crippen LogP contribution in [0.15, 0.2) is 58.6 Å². The molecule has 0 radical (unpaired) electrons. The molecule has 1 amide bonds. The van der Waals surface area contributed by atoms with Crippen LogP contribution in [0.1, 0.15) is 12.5 Å². The summed E-state index contributed by atoms with van der Waals surface area (Å²) in [5, 5.41) is 4.41. The number of hydrogen-bond donors (Lipinski definition) is 1. The molecule has 0 saturated heterocycles. The molecular formula is C17H20N2O3S2. The van der Waals surface area contributed by atoms with E-state index < -0.39 is 10.0 Å². The van der Waals surface area contributed by atoms with E-state index in [9.17, 15) is 13.2 Å². The second-order valence-corrected chi connectivity index (χ2v) is 8.23. The van der Waals surface area contributed by atoms with Crippen LogP contribution >= 0.6 is 11.3 Å². The standard InChI is InChI=1S/C17H20N2O3S2/c1-3-11-19(24(21,22)17-6-5-12-23-17)13-16(20)18-15-9-7-14(4-2)8-10-15/h3,5-10,12H,1,4,11,13H2,2H3,(H,18,20). The Morgan fingerprint density at radius 2 is 2.00 bits per heavy atom. The number of hydrogen-bond acceptors (Lipinski definition) is 4. The monoisotopic (exact) mass is 364 g/mol. The van der Waals surface area contributed by atoms with Gasteiger partial charge in [-0.25, -0.2) is 8.42 Å². The predicted octanol–water partition coefficient (Wildman–Crippen LogP) is 3.13. The highest BCUT2D eigenvalue weighted by molar-refractivity contribution is 7.91. The van der Waals surface area contributed by atoms with Crippen LogP contribution in [0.5, 0.6) is 0 Å². The van der Waals surface area contributed by atoms with Crippen LogP contribution in [0.25, 0.3) is 0 Å². The minimum absolute atomic E-state index is 0.0719. The Morgan fingerprint density at radius 3 is 2.54 bits per heavy atom. The average molecular weight is 364 g/mol. The van der Waals surface area contributed by atoms with Crippen molar-refractivity contribution in [2.24, 2.45) is 0 Å². The Hall–Kier alpha value is -1.96. The molecule has 128 valence electrons. The lowest BCUT2D eigenvalue weighted by molar-refractivity contribution is -0.116. The summed E-state index contributed by atoms with van der Waals surface area (Å²) < 4.78 is 26.5. The first kappa shape index (κ1) is 18.4. The van der Waals surface area contributed by atoms with Crippen LogP contribution < -0.4 is 5.32 Å². The van der Waals surface area contributed by atoms with E-state index in [-0.39, 0.29) is 23.2 Å². The molecule has 1 aromatic carbocycles. The van der Waals surface area contributed by atoms with Gasteiger partial charge in [-0.1, -0.05) is 31.2 Å². The van der Waals surface area contributed by atoms with E-state index in [1.54, 1.807) is 11.4 Å². The summed E-state index contributed by atoms with van der Waals surface area (Å²) in [5.41, 5.74) is 1.81. The summed E-state index contributed by atoms with van der Waals surface area (Å²) in [7, 11) is -3.70. The number of sulfonamides is 1. The Kier molecular flexibility index (Phi) is 6.30. The number of carbonyl (C=O) groups is 1. The lowest BCUT2D eigenvalue weighted by Crippen LogP contribution is -2.37. The highest BCUT2D eigenvalue weighted by atomic mass is 32.2. The van der Waals surface area contributed by atoms with Gasteiger partial charge in [0.2, 0.25) is 5.91 Å². The third-order valence-corrected chi connectivity index (χ3v) is 6.57. The van der Waals surface area contributed by atoms with E-state index in [0.29, 0.717) is 5.69 Å². The summed E-state index contributed by atoms with van der Waals surface area (Å²) in [6.07, 6.45) is 2.38. The number of nitrogens with zero attached hydrogens (tertiary/aromatic N) is 1. The third-order valence-electron chi connectivity index (χ3n) is 3.39. The van der Waals surface area contributed by atoms with Crippen molar-refractivity contribution in [2.75, 3.05) is 18.4 Å². The lowest BCUT2D eigenvalue weighted by atomic mass is 10.1. The van der Waals surface area contributed by atoms with Crippen LogP contribution in [0.2, 0.25) is 0 Å². The van der Waals surface area contributed by atoms with E-state index in [2.05, 4.69) is 18.8 Å². The van der Waals surface area contributed by atoms with Crippen LogP contribution in [-0.2, 0) is 21.2 Å². The third kappa shape index (κ3) is 4.53. The van der Waals surface area contributed by atoms with Crippen LogP contribution in [-0.4, -0.2) is 31.7 Å². The van der Waals surface area contributed by atoms with Crippen molar-refractivity contribution in [3.8, 4) is 0 Å². The van der Waals surface area contributed by atoms with E-state index >= 15 is 0 Å². The summed E-state index contributed by atoms with van der Waals surface area (Å²) >= 11 is 1.12. The topological polar surface area (TPSA) is 66.5 Å². The zero-order valence-electron chi connectivity index (χ0n) is 13.4. The second kappa shape index (κ2) is 8.23. The van der Waals surface area contributed by atoms with Crippen molar-refractivity contribution < 1.29 is 13.2 Å². The smallest absolute Gasteiger partial charge is 0.253 e. The van der Waals surface area contributed by atoms with Gasteiger partial charge in [-0.3, -0.25) is 4.79 Å². The number of benzene rings is 1. The molecule has 0 aliphatic heterocycles. The van der Waals surface area contributed by atoms with Crippen molar-refractivity contribution in [1.29, 1.82) is 0 Å². The van der Waals surface area contributed by atoms with Gasteiger partial charge in [0.25, 0.3) is 10.0 Å². The predicted molar refractivity (Wildman–Crippen MR) is 97.7 cm³/mol. The lowest BCUT2D eigenvalue weighted by Gasteiger charge is -2.19. The normalized spacial score (nSPS) is 11.4. The van der Waals surface area contributed by atoms with Gasteiger partial charge >= 0.3 is 0 Å². The summed E-state index contributed by atoms with van der Waals surface area (Å²) in [6, 6.07) is 10.7. The van der Waals surface area contributed by atoms with Gasteiger partial charge in [-0.15, -0.1) is 17.9 Å². The van der Waals surface area contributed by atoms with E-state index in [1.807, 2.05) is 24.3 Å². The van der Waals surface area contributed by atoms with Crippen molar-refractivity contribution in [3.05, 3.63) is 60.0 Å². The maximum Gasteiger partial charge on any atom is 0.253 e. The van der Waals surface area contributed by atoms with Gasteiger partial charge in [0.15, 0.2) is 0 Å². The molecule has 24 heavy (non-hydrogen) atoms. The molecule has 1 N–H and O–H groups in total. The Balaban J connectivity index is 2.09. The molecule has 7 heteroatoms. The number of anilines is 1. The van der Waals surface area contributed by atoms with Gasteiger partial charge in [-0.05, 0) is 35.6 Å². The highest BCUT2D eigenvalue weighted by Gasteiger charge is 2.26. The molecule has 0 bridgehead atoms. The maximum atomic E-state index is 12.6. The molecule has 0 unspecified atom stereocenters. The Morgan fingerprint density at radius 1 is 1.29 bits per heavy atom. The fourth-order valence-electron chi connectivity index (χ4n) is 2.11. The van der Waals surface area contributed by atoms with Crippen molar-refractivity contribution in [2.45, 2.75) is 17.6 Å². The molecule has 0 spiro atoms. The molecule has 1 heterocycles. The first-order valence-corrected chi connectivity index (χ1v) is 9.82. The average Bonchev–Trinajstić information content (AvgIpc) is 3.10. The van der Waals surface area contributed by atoms with Gasteiger partial charge in [0.1, 0.15) is 4.21 Å². The summed E-state index contributed by atoms with van der Waals surface area (Å²) in [6.45, 7) is 5.43. The zero-order valence-corrected chi connectivity index (χ0v) is 15.1. The van der Waals surface area contributed by atoms with E-state index in [1.165, 1.54) is 17.7 Å². The highest BCUT2D eigenvalue weighted by Crippen LogP contribution is 2.21. The molecule has 0 saturated carbocycles. The quantitative estimate of drug-likeness (QED) is 0.732. The van der Waals surface area contributed by atoms with Crippen LogP contribution in [0, 0.1) is 0 Å². The van der Waals surface area contributed by atoms with Crippen molar-refractivity contribution in [1.82, 2.24) is 4.31 Å². The molecule has 1 aromatic heterocycles. The fraction of sp³-hybridized carbons (Fsp3) is 0.235. The summed E-state index contributed by atoms with van der Waals surface area (Å²) in [4.78, 5) is 12.2. The minimum atomic E-state index is -3.70. The van der Waals surface area contributed by atoms with Gasteiger partial charge in [0.05, 0.1) is 6.54 Å². The van der Waals surface area contributed by atoms with Gasteiger partial charge in [-0.2, -0.15) is 4.31 Å². The fourth-order valence-corrected chi connectivity index (χ4v) is 4.63. The van der Waals surface area contributed by atoms with Gasteiger partial charge in [0, 0.05) is 12.2 Å². The number of nitrogens with one attached hydrogen (secondary N) is 1. The number of carbonyl (C=O) groups excluding carboxylic acids is 1. The van der Waals surface area contributed by atoms with E-state index in [4.69, 9.17) is 0 Å². The summed E-state index contributed by atoms with van der Waals surface area (Å²) in [5.74, 6) is -0.388. The molecule has 0 fully saturated rings. The Bertz CT molecular complexity index is 782. The molecular weight excluding hydrogens is 344 g/mol. The molecule has 0 aliphatic carbocycles. The molecule has 0 aliphatic rings. The van der Waals surface area contributed by atoms with Crippen molar-refractivity contribution >= 4 is 33.0 Å². The number of amides is 1. The van der Waals surface area contributed by atoms with Crippen LogP contribution in [0.4, 0.5) is 5.69 Å². The zero-order chi connectivity index (χ0) is 17.6. The maximum absolute atomic E-state index is 12.6. The molecule has 2 aromatic rings. The molecule has 2 rings (SSSR count). The number of thiophene rings is 1. The molecule has 5 nitrogen and oxygen atoms in total. The Labute approximate surface area is 146 Å². The largest absolute Gasteiger partial charge is 0.325 e. The van der Waals surface area contributed by atoms with Crippen molar-refractivity contribution in [3.63, 3.8) is 0 Å². The first-order valence-electron chi connectivity index (χ1n) is 7.50. The minimum Gasteiger partial charge on any atom is -0.325 e. The van der Waals surface area contributed by atoms with Gasteiger partial charge < -0.3 is 5.32 Å². The number of aryl methyl sites for hydroxylation is 1. The SMILES string of the molecule is C=CCN(CC(=O)Nc1ccc(CC)cc1)S(=O)(=O)c1cccs1. The van der Waals surface area contributed by atoms with Crippen LogP contribution in [0.3, 0.4) is 0 Å². The van der Waals surface area contributed by atoms with E-state index in [0.717, 1.165) is 22.1 Å². The molecule has 0 atom stereocenters.